The van der Waals surface area contributed by atoms with Gasteiger partial charge in [0.25, 0.3) is 5.91 Å². The third-order valence-electron chi connectivity index (χ3n) is 3.84. The molecule has 0 aliphatic rings. The second-order valence-electron chi connectivity index (χ2n) is 5.81. The van der Waals surface area contributed by atoms with Crippen molar-refractivity contribution >= 4 is 40.7 Å². The van der Waals surface area contributed by atoms with Crippen LogP contribution < -0.4 is 10.6 Å². The summed E-state index contributed by atoms with van der Waals surface area (Å²) in [6.07, 6.45) is 1.72. The molecule has 0 saturated carbocycles. The lowest BCUT2D eigenvalue weighted by Gasteiger charge is -2.18. The molecule has 0 radical (unpaired) electrons. The first kappa shape index (κ1) is 19.0. The number of carbonyl (C=O) groups excluding carboxylic acids is 2. The molecule has 0 fully saturated rings. The van der Waals surface area contributed by atoms with Gasteiger partial charge < -0.3 is 15.1 Å². The number of anilines is 1. The fourth-order valence-corrected chi connectivity index (χ4v) is 2.80. The van der Waals surface area contributed by atoms with Crippen molar-refractivity contribution in [1.29, 1.82) is 0 Å². The molecule has 3 aromatic rings. The van der Waals surface area contributed by atoms with Gasteiger partial charge in [-0.2, -0.15) is 0 Å². The van der Waals surface area contributed by atoms with Crippen molar-refractivity contribution in [2.45, 2.75) is 12.5 Å². The van der Waals surface area contributed by atoms with Crippen LogP contribution in [0, 0.1) is 0 Å². The topological polar surface area (TPSA) is 71.3 Å². The molecule has 0 aliphatic carbocycles. The molecule has 1 aromatic heterocycles. The molecular formula is C20H16Cl2N2O3. The monoisotopic (exact) mass is 402 g/mol. The van der Waals surface area contributed by atoms with Gasteiger partial charge in [0, 0.05) is 12.1 Å². The molecule has 27 heavy (non-hydrogen) atoms. The summed E-state index contributed by atoms with van der Waals surface area (Å²) in [5, 5.41) is 6.18. The maximum Gasteiger partial charge on any atom is 0.287 e. The van der Waals surface area contributed by atoms with Gasteiger partial charge in [-0.05, 0) is 35.9 Å². The third kappa shape index (κ3) is 5.12. The predicted molar refractivity (Wildman–Crippen MR) is 105 cm³/mol. The first-order valence-corrected chi connectivity index (χ1v) is 8.93. The van der Waals surface area contributed by atoms with E-state index in [9.17, 15) is 9.59 Å². The lowest BCUT2D eigenvalue weighted by atomic mass is 10.0. The molecule has 0 aliphatic heterocycles. The molecule has 0 unspecified atom stereocenters. The average Bonchev–Trinajstić information content (AvgIpc) is 3.20. The summed E-state index contributed by atoms with van der Waals surface area (Å²) in [6.45, 7) is 0. The minimum Gasteiger partial charge on any atom is -0.459 e. The zero-order valence-corrected chi connectivity index (χ0v) is 15.6. The smallest absolute Gasteiger partial charge is 0.287 e. The summed E-state index contributed by atoms with van der Waals surface area (Å²) in [6, 6.07) is 16.5. The summed E-state index contributed by atoms with van der Waals surface area (Å²) in [7, 11) is 0. The number of nitrogens with one attached hydrogen (secondary N) is 2. The molecule has 1 heterocycles. The maximum atomic E-state index is 12.8. The summed E-state index contributed by atoms with van der Waals surface area (Å²) in [5.41, 5.74) is 1.39. The summed E-state index contributed by atoms with van der Waals surface area (Å²) >= 11 is 11.9. The Labute approximate surface area is 166 Å². The van der Waals surface area contributed by atoms with Crippen molar-refractivity contribution in [2.24, 2.45) is 0 Å². The van der Waals surface area contributed by atoms with E-state index in [0.717, 1.165) is 5.56 Å². The molecule has 2 N–H and O–H groups in total. The Bertz CT molecular complexity index is 928. The number of furan rings is 1. The number of carbonyl (C=O) groups is 2. The van der Waals surface area contributed by atoms with Crippen LogP contribution in [-0.2, 0) is 11.2 Å². The molecule has 5 nitrogen and oxygen atoms in total. The molecular weight excluding hydrogens is 387 g/mol. The number of hydrogen-bond donors (Lipinski definition) is 2. The third-order valence-corrected chi connectivity index (χ3v) is 4.58. The standard InChI is InChI=1S/C20H16Cl2N2O3/c21-15-9-8-14(12-16(15)22)23-19(25)17(11-13-5-2-1-3-6-13)24-20(26)18-7-4-10-27-18/h1-10,12,17H,11H2,(H,23,25)(H,24,26)/t17-/m1/s1. The number of halogens is 2. The highest BCUT2D eigenvalue weighted by Gasteiger charge is 2.23. The van der Waals surface area contributed by atoms with Gasteiger partial charge in [0.05, 0.1) is 16.3 Å². The Morgan fingerprint density at radius 3 is 2.41 bits per heavy atom. The van der Waals surface area contributed by atoms with E-state index < -0.39 is 11.9 Å². The van der Waals surface area contributed by atoms with Crippen molar-refractivity contribution in [1.82, 2.24) is 5.32 Å². The number of hydrogen-bond acceptors (Lipinski definition) is 3. The minimum absolute atomic E-state index is 0.135. The van der Waals surface area contributed by atoms with E-state index in [1.807, 2.05) is 30.3 Å². The van der Waals surface area contributed by atoms with Crippen molar-refractivity contribution in [3.8, 4) is 0 Å². The molecule has 0 spiro atoms. The van der Waals surface area contributed by atoms with Crippen LogP contribution in [0.5, 0.6) is 0 Å². The van der Waals surface area contributed by atoms with Crippen molar-refractivity contribution in [3.63, 3.8) is 0 Å². The van der Waals surface area contributed by atoms with Gasteiger partial charge >= 0.3 is 0 Å². The van der Waals surface area contributed by atoms with Crippen LogP contribution in [0.25, 0.3) is 0 Å². The SMILES string of the molecule is O=C(N[C@H](Cc1ccccc1)C(=O)Nc1ccc(Cl)c(Cl)c1)c1ccco1. The predicted octanol–water partition coefficient (Wildman–Crippen LogP) is 4.57. The molecule has 7 heteroatoms. The van der Waals surface area contributed by atoms with Gasteiger partial charge in [-0.15, -0.1) is 0 Å². The largest absolute Gasteiger partial charge is 0.459 e. The number of rotatable bonds is 6. The Balaban J connectivity index is 1.77. The zero-order chi connectivity index (χ0) is 19.2. The van der Waals surface area contributed by atoms with E-state index in [4.69, 9.17) is 27.6 Å². The Kier molecular flexibility index (Phi) is 6.16. The van der Waals surface area contributed by atoms with E-state index >= 15 is 0 Å². The molecule has 3 rings (SSSR count). The van der Waals surface area contributed by atoms with Gasteiger partial charge in [-0.1, -0.05) is 53.5 Å². The van der Waals surface area contributed by atoms with E-state index in [1.54, 1.807) is 24.3 Å². The fourth-order valence-electron chi connectivity index (χ4n) is 2.50. The second-order valence-corrected chi connectivity index (χ2v) is 6.63. The van der Waals surface area contributed by atoms with Crippen LogP contribution in [-0.4, -0.2) is 17.9 Å². The van der Waals surface area contributed by atoms with Crippen LogP contribution >= 0.6 is 23.2 Å². The highest BCUT2D eigenvalue weighted by atomic mass is 35.5. The normalized spacial score (nSPS) is 11.6. The van der Waals surface area contributed by atoms with Crippen LogP contribution in [0.2, 0.25) is 10.0 Å². The van der Waals surface area contributed by atoms with Gasteiger partial charge in [0.15, 0.2) is 5.76 Å². The van der Waals surface area contributed by atoms with Gasteiger partial charge in [-0.3, -0.25) is 9.59 Å². The Morgan fingerprint density at radius 1 is 0.963 bits per heavy atom. The van der Waals surface area contributed by atoms with Crippen molar-refractivity contribution in [2.75, 3.05) is 5.32 Å². The summed E-state index contributed by atoms with van der Waals surface area (Å²) < 4.78 is 5.10. The van der Waals surface area contributed by atoms with Crippen LogP contribution in [0.4, 0.5) is 5.69 Å². The minimum atomic E-state index is -0.806. The lowest BCUT2D eigenvalue weighted by molar-refractivity contribution is -0.118. The molecule has 138 valence electrons. The Morgan fingerprint density at radius 2 is 1.74 bits per heavy atom. The highest BCUT2D eigenvalue weighted by Crippen LogP contribution is 2.25. The van der Waals surface area contributed by atoms with Crippen molar-refractivity contribution in [3.05, 3.63) is 88.3 Å². The van der Waals surface area contributed by atoms with E-state index in [-0.39, 0.29) is 11.7 Å². The molecule has 0 bridgehead atoms. The summed E-state index contributed by atoms with van der Waals surface area (Å²) in [5.74, 6) is -0.710. The molecule has 0 saturated heterocycles. The highest BCUT2D eigenvalue weighted by molar-refractivity contribution is 6.42. The van der Waals surface area contributed by atoms with Gasteiger partial charge in [0.1, 0.15) is 6.04 Å². The quantitative estimate of drug-likeness (QED) is 0.634. The lowest BCUT2D eigenvalue weighted by Crippen LogP contribution is -2.45. The van der Waals surface area contributed by atoms with Crippen LogP contribution in [0.1, 0.15) is 16.1 Å². The van der Waals surface area contributed by atoms with Gasteiger partial charge in [0.2, 0.25) is 5.91 Å². The summed E-state index contributed by atoms with van der Waals surface area (Å²) in [4.78, 5) is 25.1. The van der Waals surface area contributed by atoms with E-state index in [0.29, 0.717) is 22.2 Å². The van der Waals surface area contributed by atoms with Crippen LogP contribution in [0.3, 0.4) is 0 Å². The second kappa shape index (κ2) is 8.75. The molecule has 1 atom stereocenters. The van der Waals surface area contributed by atoms with Crippen molar-refractivity contribution < 1.29 is 14.0 Å². The maximum absolute atomic E-state index is 12.8. The van der Waals surface area contributed by atoms with E-state index in [1.165, 1.54) is 12.3 Å². The zero-order valence-electron chi connectivity index (χ0n) is 14.1. The average molecular weight is 403 g/mol. The van der Waals surface area contributed by atoms with E-state index in [2.05, 4.69) is 10.6 Å². The number of benzene rings is 2. The first-order chi connectivity index (χ1) is 13.0. The molecule has 2 amide bonds. The Hall–Kier alpha value is -2.76. The fraction of sp³-hybridized carbons (Fsp3) is 0.100. The molecule has 2 aromatic carbocycles. The number of amides is 2. The van der Waals surface area contributed by atoms with Crippen LogP contribution in [0.15, 0.2) is 71.3 Å². The van der Waals surface area contributed by atoms with Gasteiger partial charge in [-0.25, -0.2) is 0 Å². The first-order valence-electron chi connectivity index (χ1n) is 8.17.